The number of carbonyl (C=O) groups is 2. The van der Waals surface area contributed by atoms with Crippen LogP contribution in [0.5, 0.6) is 11.5 Å². The maximum Gasteiger partial charge on any atom is 0.412 e. The van der Waals surface area contributed by atoms with Gasteiger partial charge < -0.3 is 25.0 Å². The average Bonchev–Trinajstić information content (AvgIpc) is 3.34. The third kappa shape index (κ3) is 8.63. The summed E-state index contributed by atoms with van der Waals surface area (Å²) < 4.78 is 11.7. The topological polar surface area (TPSA) is 130 Å². The van der Waals surface area contributed by atoms with Crippen molar-refractivity contribution in [3.05, 3.63) is 48.9 Å². The molecule has 4 N–H and O–H groups in total. The Morgan fingerprint density at radius 3 is 2.69 bits per heavy atom. The summed E-state index contributed by atoms with van der Waals surface area (Å²) >= 11 is 1.30. The molecule has 39 heavy (non-hydrogen) atoms. The molecule has 1 aliphatic heterocycles. The van der Waals surface area contributed by atoms with Crippen LogP contribution in [0.25, 0.3) is 10.4 Å². The third-order valence-corrected chi connectivity index (χ3v) is 7.36. The average molecular weight is 554 g/mol. The molecule has 0 spiro atoms. The third-order valence-electron chi connectivity index (χ3n) is 6.28. The maximum absolute atomic E-state index is 12.7. The molecule has 3 amide bonds. The molecule has 0 atom stereocenters. The van der Waals surface area contributed by atoms with Crippen LogP contribution in [0.1, 0.15) is 26.7 Å². The van der Waals surface area contributed by atoms with Gasteiger partial charge in [0, 0.05) is 35.9 Å². The van der Waals surface area contributed by atoms with Crippen molar-refractivity contribution >= 4 is 34.3 Å². The van der Waals surface area contributed by atoms with Crippen LogP contribution in [0.3, 0.4) is 0 Å². The minimum atomic E-state index is -0.558. The van der Waals surface area contributed by atoms with Crippen LogP contribution in [0.15, 0.2) is 48.9 Å². The molecular weight excluding hydrogens is 518 g/mol. The van der Waals surface area contributed by atoms with Gasteiger partial charge in [-0.1, -0.05) is 26.0 Å². The molecule has 2 aromatic heterocycles. The quantitative estimate of drug-likeness (QED) is 0.275. The van der Waals surface area contributed by atoms with E-state index in [1.165, 1.54) is 29.9 Å². The van der Waals surface area contributed by atoms with Gasteiger partial charge in [-0.3, -0.25) is 15.6 Å². The Morgan fingerprint density at radius 1 is 1.13 bits per heavy atom. The van der Waals surface area contributed by atoms with E-state index >= 15 is 0 Å². The lowest BCUT2D eigenvalue weighted by Gasteiger charge is -2.23. The van der Waals surface area contributed by atoms with E-state index in [0.29, 0.717) is 17.4 Å². The molecule has 0 saturated carbocycles. The minimum Gasteiger partial charge on any atom is -0.492 e. The number of aromatic nitrogens is 2. The van der Waals surface area contributed by atoms with Crippen LogP contribution in [0, 0.1) is 0 Å². The summed E-state index contributed by atoms with van der Waals surface area (Å²) in [5, 5.41) is 12.0. The van der Waals surface area contributed by atoms with Gasteiger partial charge in [-0.25, -0.2) is 14.6 Å². The van der Waals surface area contributed by atoms with Gasteiger partial charge in [0.15, 0.2) is 11.6 Å². The zero-order chi connectivity index (χ0) is 27.5. The number of amides is 3. The van der Waals surface area contributed by atoms with Crippen LogP contribution in [-0.4, -0.2) is 72.4 Å². The molecule has 0 bridgehead atoms. The van der Waals surface area contributed by atoms with Gasteiger partial charge in [0.1, 0.15) is 17.4 Å². The van der Waals surface area contributed by atoms with Crippen molar-refractivity contribution in [1.82, 2.24) is 25.5 Å². The molecule has 1 saturated heterocycles. The molecule has 0 unspecified atom stereocenters. The van der Waals surface area contributed by atoms with Gasteiger partial charge in [0.25, 0.3) is 0 Å². The first-order valence-corrected chi connectivity index (χ1v) is 14.0. The number of ether oxygens (including phenoxy) is 2. The summed E-state index contributed by atoms with van der Waals surface area (Å²) in [5.74, 6) is 1.30. The predicted molar refractivity (Wildman–Crippen MR) is 153 cm³/mol. The molecule has 3 aromatic rings. The largest absolute Gasteiger partial charge is 0.492 e. The summed E-state index contributed by atoms with van der Waals surface area (Å²) in [5.41, 5.74) is 0.881. The highest BCUT2D eigenvalue weighted by Gasteiger charge is 2.21. The second-order valence-electron chi connectivity index (χ2n) is 8.94. The lowest BCUT2D eigenvalue weighted by atomic mass is 10.1. The fraction of sp³-hybridized carbons (Fsp3) is 0.407. The van der Waals surface area contributed by atoms with Gasteiger partial charge in [-0.15, -0.1) is 11.3 Å². The molecule has 12 heteroatoms. The van der Waals surface area contributed by atoms with Crippen molar-refractivity contribution < 1.29 is 19.1 Å². The molecule has 11 nitrogen and oxygen atoms in total. The van der Waals surface area contributed by atoms with E-state index in [4.69, 9.17) is 9.47 Å². The Kier molecular flexibility index (Phi) is 10.5. The summed E-state index contributed by atoms with van der Waals surface area (Å²) in [4.78, 5) is 36.5. The van der Waals surface area contributed by atoms with Crippen LogP contribution < -0.4 is 30.7 Å². The van der Waals surface area contributed by atoms with Crippen molar-refractivity contribution in [3.63, 3.8) is 0 Å². The molecule has 0 aliphatic carbocycles. The molecule has 4 rings (SSSR count). The van der Waals surface area contributed by atoms with Crippen LogP contribution in [0.4, 0.5) is 20.4 Å². The zero-order valence-electron chi connectivity index (χ0n) is 22.2. The van der Waals surface area contributed by atoms with E-state index in [-0.39, 0.29) is 11.8 Å². The number of benzene rings is 1. The number of piperidine rings is 1. The van der Waals surface area contributed by atoms with E-state index in [1.807, 2.05) is 24.3 Å². The van der Waals surface area contributed by atoms with Gasteiger partial charge in [-0.2, -0.15) is 0 Å². The van der Waals surface area contributed by atoms with Gasteiger partial charge in [-0.05, 0) is 56.7 Å². The van der Waals surface area contributed by atoms with Crippen LogP contribution >= 0.6 is 11.3 Å². The summed E-state index contributed by atoms with van der Waals surface area (Å²) in [6.45, 7) is 9.32. The Balaban J connectivity index is 1.49. The molecule has 1 fully saturated rings. The number of nitrogens with one attached hydrogen (secondary N) is 4. The second-order valence-corrected chi connectivity index (χ2v) is 9.99. The highest BCUT2D eigenvalue weighted by Crippen LogP contribution is 2.41. The number of likely N-dealkylation sites (N-methyl/N-ethyl adjacent to an activating group) is 1. The van der Waals surface area contributed by atoms with Gasteiger partial charge in [0.2, 0.25) is 0 Å². The highest BCUT2D eigenvalue weighted by molar-refractivity contribution is 7.20. The lowest BCUT2D eigenvalue weighted by Crippen LogP contribution is -2.43. The predicted octanol–water partition coefficient (Wildman–Crippen LogP) is 4.41. The van der Waals surface area contributed by atoms with Crippen molar-refractivity contribution in [2.45, 2.75) is 32.7 Å². The van der Waals surface area contributed by atoms with E-state index in [1.54, 1.807) is 6.07 Å². The minimum absolute atomic E-state index is 0.0402. The Hall–Kier alpha value is -3.74. The van der Waals surface area contributed by atoms with E-state index in [9.17, 15) is 9.59 Å². The Bertz CT molecular complexity index is 1210. The first kappa shape index (κ1) is 28.3. The summed E-state index contributed by atoms with van der Waals surface area (Å²) in [6.07, 6.45) is 5.54. The number of hydrogen-bond acceptors (Lipinski definition) is 9. The fourth-order valence-corrected chi connectivity index (χ4v) is 5.10. The molecule has 1 aliphatic rings. The second kappa shape index (κ2) is 14.4. The van der Waals surface area contributed by atoms with Crippen molar-refractivity contribution in [2.24, 2.45) is 0 Å². The maximum atomic E-state index is 12.7. The molecular formula is C27H35N7O4S. The van der Waals surface area contributed by atoms with E-state index < -0.39 is 12.1 Å². The normalized spacial score (nSPS) is 13.6. The smallest absolute Gasteiger partial charge is 0.412 e. The molecule has 1 aromatic carbocycles. The number of thiophene rings is 1. The monoisotopic (exact) mass is 553 g/mol. The lowest BCUT2D eigenvalue weighted by molar-refractivity contribution is 0.193. The standard InChI is InChI=1S/C27H35N7O4S/c1-3-34(4-2)14-15-37-21-7-5-6-19(16-21)23-17-22(38-27(36)31-20-8-10-28-11-9-20)25(39-23)33-26(35)32-24-18-29-12-13-30-24/h5-7,12-13,16-18,20,28H,3-4,8-11,14-15H2,1-2H3,(H,31,36)(H2,30,32,33,35). The Labute approximate surface area is 232 Å². The van der Waals surface area contributed by atoms with Gasteiger partial charge in [0.05, 0.1) is 6.20 Å². The number of nitrogens with zero attached hydrogens (tertiary/aromatic N) is 3. The Morgan fingerprint density at radius 2 is 1.95 bits per heavy atom. The SMILES string of the molecule is CCN(CC)CCOc1cccc(-c2cc(OC(=O)NC3CCNCC3)c(NC(=O)Nc3cnccn3)s2)c1. The number of rotatable bonds is 11. The molecule has 208 valence electrons. The molecule has 3 heterocycles. The van der Waals surface area contributed by atoms with E-state index in [2.05, 4.69) is 50.0 Å². The highest BCUT2D eigenvalue weighted by atomic mass is 32.1. The number of carbonyl (C=O) groups excluding carboxylic acids is 2. The number of urea groups is 1. The summed E-state index contributed by atoms with van der Waals surface area (Å²) in [7, 11) is 0. The molecule has 0 radical (unpaired) electrons. The first-order chi connectivity index (χ1) is 19.0. The van der Waals surface area contributed by atoms with Crippen LogP contribution in [0.2, 0.25) is 0 Å². The van der Waals surface area contributed by atoms with Crippen molar-refractivity contribution in [3.8, 4) is 21.9 Å². The fourth-order valence-electron chi connectivity index (χ4n) is 4.13. The van der Waals surface area contributed by atoms with Crippen molar-refractivity contribution in [2.75, 3.05) is 50.0 Å². The zero-order valence-corrected chi connectivity index (χ0v) is 23.1. The first-order valence-electron chi connectivity index (χ1n) is 13.2. The number of anilines is 2. The van der Waals surface area contributed by atoms with E-state index in [0.717, 1.165) is 61.8 Å². The van der Waals surface area contributed by atoms with Crippen molar-refractivity contribution in [1.29, 1.82) is 0 Å². The summed E-state index contributed by atoms with van der Waals surface area (Å²) in [6, 6.07) is 8.98. The number of hydrogen-bond donors (Lipinski definition) is 4. The van der Waals surface area contributed by atoms with Gasteiger partial charge >= 0.3 is 12.1 Å². The van der Waals surface area contributed by atoms with Crippen LogP contribution in [-0.2, 0) is 0 Å².